The molecule has 0 radical (unpaired) electrons. The molecule has 64 valence electrons. The Balaban J connectivity index is 4.47. The van der Waals surface area contributed by atoms with E-state index in [1.807, 2.05) is 39.9 Å². The summed E-state index contributed by atoms with van der Waals surface area (Å²) in [6.07, 6.45) is 0. The van der Waals surface area contributed by atoms with Gasteiger partial charge in [0.2, 0.25) is 0 Å². The van der Waals surface area contributed by atoms with E-state index in [0.717, 1.165) is 16.3 Å². The van der Waals surface area contributed by atoms with Gasteiger partial charge in [-0.15, -0.1) is 0 Å². The van der Waals surface area contributed by atoms with Crippen LogP contribution in [0.3, 0.4) is 0 Å². The Morgan fingerprint density at radius 1 is 1.27 bits per heavy atom. The molecule has 11 heavy (non-hydrogen) atoms. The van der Waals surface area contributed by atoms with E-state index in [4.69, 9.17) is 12.2 Å². The van der Waals surface area contributed by atoms with Crippen molar-refractivity contribution in [2.45, 2.75) is 13.8 Å². The van der Waals surface area contributed by atoms with Crippen molar-refractivity contribution in [3.63, 3.8) is 0 Å². The average molecular weight is 172 g/mol. The van der Waals surface area contributed by atoms with Crippen LogP contribution in [0, 0.1) is 0 Å². The van der Waals surface area contributed by atoms with Gasteiger partial charge in [0.1, 0.15) is 4.99 Å². The van der Waals surface area contributed by atoms with Gasteiger partial charge in [0.05, 0.1) is 0 Å². The fraction of sp³-hybridized carbons (Fsp3) is 0.625. The van der Waals surface area contributed by atoms with Gasteiger partial charge in [-0.25, -0.2) is 0 Å². The van der Waals surface area contributed by atoms with Gasteiger partial charge in [0.25, 0.3) is 0 Å². The summed E-state index contributed by atoms with van der Waals surface area (Å²) in [5.74, 6) is 0. The van der Waals surface area contributed by atoms with Crippen LogP contribution in [0.25, 0.3) is 0 Å². The molecule has 0 aromatic rings. The zero-order valence-electron chi connectivity index (χ0n) is 7.86. The lowest BCUT2D eigenvalue weighted by Gasteiger charge is -2.16. The van der Waals surface area contributed by atoms with E-state index in [1.54, 1.807) is 0 Å². The Morgan fingerprint density at radius 2 is 1.73 bits per heavy atom. The molecule has 0 fully saturated rings. The van der Waals surface area contributed by atoms with Gasteiger partial charge in [-0.2, -0.15) is 0 Å². The third-order valence-electron chi connectivity index (χ3n) is 1.66. The summed E-state index contributed by atoms with van der Waals surface area (Å²) in [5.41, 5.74) is 2.26. The van der Waals surface area contributed by atoms with Crippen molar-refractivity contribution in [1.82, 2.24) is 10.2 Å². The summed E-state index contributed by atoms with van der Waals surface area (Å²) in [6.45, 7) is 4.04. The largest absolute Gasteiger partial charge is 0.391 e. The highest BCUT2D eigenvalue weighted by Gasteiger charge is 2.03. The van der Waals surface area contributed by atoms with E-state index in [0.29, 0.717) is 0 Å². The van der Waals surface area contributed by atoms with Crippen LogP contribution in [-0.2, 0) is 0 Å². The van der Waals surface area contributed by atoms with Crippen LogP contribution in [0.1, 0.15) is 13.8 Å². The molecule has 0 aromatic heterocycles. The lowest BCUT2D eigenvalue weighted by molar-refractivity contribution is 0.633. The van der Waals surface area contributed by atoms with Gasteiger partial charge in [0.15, 0.2) is 0 Å². The van der Waals surface area contributed by atoms with Gasteiger partial charge in [-0.1, -0.05) is 12.2 Å². The Morgan fingerprint density at radius 3 is 2.00 bits per heavy atom. The van der Waals surface area contributed by atoms with E-state index in [-0.39, 0.29) is 0 Å². The second-order valence-electron chi connectivity index (χ2n) is 2.70. The van der Waals surface area contributed by atoms with Crippen LogP contribution in [0.4, 0.5) is 0 Å². The maximum absolute atomic E-state index is 5.17. The molecule has 0 aromatic carbocycles. The molecule has 0 aliphatic rings. The molecule has 0 spiro atoms. The van der Waals surface area contributed by atoms with E-state index in [2.05, 4.69) is 5.32 Å². The summed E-state index contributed by atoms with van der Waals surface area (Å²) < 4.78 is 0. The van der Waals surface area contributed by atoms with Gasteiger partial charge in [0, 0.05) is 32.4 Å². The molecule has 0 heterocycles. The third kappa shape index (κ3) is 2.89. The second kappa shape index (κ2) is 4.34. The van der Waals surface area contributed by atoms with Gasteiger partial charge in [-0.05, 0) is 13.8 Å². The summed E-state index contributed by atoms with van der Waals surface area (Å²) in [7, 11) is 5.81. The first-order chi connectivity index (χ1) is 5.00. The molecule has 0 unspecified atom stereocenters. The van der Waals surface area contributed by atoms with Crippen molar-refractivity contribution in [2.75, 3.05) is 21.1 Å². The molecule has 0 rings (SSSR count). The predicted octanol–water partition coefficient (Wildman–Crippen LogP) is 1.39. The van der Waals surface area contributed by atoms with Gasteiger partial charge in [-0.3, -0.25) is 0 Å². The van der Waals surface area contributed by atoms with Crippen LogP contribution >= 0.6 is 12.2 Å². The van der Waals surface area contributed by atoms with Crippen LogP contribution in [0.5, 0.6) is 0 Å². The topological polar surface area (TPSA) is 15.3 Å². The number of likely N-dealkylation sites (N-methyl/N-ethyl adjacent to an activating group) is 1. The zero-order valence-corrected chi connectivity index (χ0v) is 8.67. The molecule has 3 heteroatoms. The van der Waals surface area contributed by atoms with E-state index in [1.165, 1.54) is 0 Å². The lowest BCUT2D eigenvalue weighted by atomic mass is 10.2. The van der Waals surface area contributed by atoms with Crippen molar-refractivity contribution in [3.05, 3.63) is 11.3 Å². The van der Waals surface area contributed by atoms with Crippen molar-refractivity contribution in [2.24, 2.45) is 0 Å². The van der Waals surface area contributed by atoms with Crippen molar-refractivity contribution in [1.29, 1.82) is 0 Å². The first-order valence-electron chi connectivity index (χ1n) is 3.57. The average Bonchev–Trinajstić information content (AvgIpc) is 2.00. The number of nitrogens with zero attached hydrogens (tertiary/aromatic N) is 1. The van der Waals surface area contributed by atoms with E-state index in [9.17, 15) is 0 Å². The predicted molar refractivity (Wildman–Crippen MR) is 53.7 cm³/mol. The van der Waals surface area contributed by atoms with Crippen molar-refractivity contribution >= 4 is 17.2 Å². The number of allylic oxidation sites excluding steroid dienone is 1. The van der Waals surface area contributed by atoms with E-state index >= 15 is 0 Å². The number of hydrogen-bond donors (Lipinski definition) is 1. The summed E-state index contributed by atoms with van der Waals surface area (Å²) >= 11 is 5.17. The minimum absolute atomic E-state index is 0.886. The minimum Gasteiger partial charge on any atom is -0.391 e. The normalized spacial score (nSPS) is 12.1. The highest BCUT2D eigenvalue weighted by Crippen LogP contribution is 2.04. The van der Waals surface area contributed by atoms with E-state index < -0.39 is 0 Å². The monoisotopic (exact) mass is 172 g/mol. The maximum atomic E-state index is 5.17. The molecule has 0 saturated carbocycles. The van der Waals surface area contributed by atoms with Gasteiger partial charge < -0.3 is 10.2 Å². The third-order valence-corrected chi connectivity index (χ3v) is 2.34. The molecule has 2 nitrogen and oxygen atoms in total. The quantitative estimate of drug-likeness (QED) is 0.500. The lowest BCUT2D eigenvalue weighted by Crippen LogP contribution is -2.23. The van der Waals surface area contributed by atoms with Gasteiger partial charge >= 0.3 is 0 Å². The van der Waals surface area contributed by atoms with Crippen LogP contribution < -0.4 is 5.32 Å². The maximum Gasteiger partial charge on any atom is 0.106 e. The number of hydrogen-bond acceptors (Lipinski definition) is 2. The number of nitrogens with one attached hydrogen (secondary N) is 1. The molecular formula is C8H16N2S. The Hall–Kier alpha value is -0.570. The van der Waals surface area contributed by atoms with Crippen molar-refractivity contribution in [3.8, 4) is 0 Å². The molecule has 0 aliphatic heterocycles. The highest BCUT2D eigenvalue weighted by molar-refractivity contribution is 7.80. The standard InChI is InChI=1S/C8H16N2S/c1-6(7(2)9-3)8(11)10(4)5/h9H,1-5H3/b7-6-. The van der Waals surface area contributed by atoms with Crippen LogP contribution in [0.15, 0.2) is 11.3 Å². The second-order valence-corrected chi connectivity index (χ2v) is 3.09. The molecule has 0 aliphatic carbocycles. The van der Waals surface area contributed by atoms with Crippen LogP contribution in [-0.4, -0.2) is 31.0 Å². The number of thiocarbonyl (C=S) groups is 1. The fourth-order valence-corrected chi connectivity index (χ4v) is 0.836. The smallest absolute Gasteiger partial charge is 0.106 e. The Labute approximate surface area is 74.3 Å². The molecule has 0 atom stereocenters. The molecule has 0 saturated heterocycles. The van der Waals surface area contributed by atoms with Crippen molar-refractivity contribution < 1.29 is 0 Å². The molecule has 1 N–H and O–H groups in total. The number of rotatable bonds is 2. The Bertz CT molecular complexity index is 183. The molecule has 0 amide bonds. The molecule has 0 bridgehead atoms. The first-order valence-corrected chi connectivity index (χ1v) is 3.98. The fourth-order valence-electron chi connectivity index (χ4n) is 0.683. The molecular weight excluding hydrogens is 156 g/mol. The minimum atomic E-state index is 0.886. The SMILES string of the molecule is CN/C(C)=C(/C)C(=S)N(C)C. The summed E-state index contributed by atoms with van der Waals surface area (Å²) in [5, 5.41) is 3.07. The van der Waals surface area contributed by atoms with Crippen LogP contribution in [0.2, 0.25) is 0 Å². The first kappa shape index (κ1) is 10.4. The zero-order chi connectivity index (χ0) is 9.02. The summed E-state index contributed by atoms with van der Waals surface area (Å²) in [6, 6.07) is 0. The Kier molecular flexibility index (Phi) is 4.11. The summed E-state index contributed by atoms with van der Waals surface area (Å²) in [4.78, 5) is 2.82. The highest BCUT2D eigenvalue weighted by atomic mass is 32.1.